The molecule has 1 aromatic heterocycles. The maximum Gasteiger partial charge on any atom is 0.228 e. The van der Waals surface area contributed by atoms with Crippen molar-refractivity contribution < 1.29 is 9.53 Å². The van der Waals surface area contributed by atoms with Crippen molar-refractivity contribution in [1.29, 1.82) is 0 Å². The first kappa shape index (κ1) is 14.3. The van der Waals surface area contributed by atoms with E-state index in [1.54, 1.807) is 0 Å². The highest BCUT2D eigenvalue weighted by Crippen LogP contribution is 2.33. The number of aryl methyl sites for hydroxylation is 2. The molecule has 1 aromatic carbocycles. The molecule has 0 unspecified atom stereocenters. The second kappa shape index (κ2) is 5.72. The van der Waals surface area contributed by atoms with Crippen molar-refractivity contribution in [2.24, 2.45) is 0 Å². The Hall–Kier alpha value is -2.30. The van der Waals surface area contributed by atoms with Crippen molar-refractivity contribution in [2.75, 3.05) is 6.61 Å². The number of benzene rings is 1. The zero-order valence-corrected chi connectivity index (χ0v) is 13.3. The number of carbonyl (C=O) groups excluding carboxylic acids is 1. The van der Waals surface area contributed by atoms with E-state index in [0.717, 1.165) is 48.6 Å². The van der Waals surface area contributed by atoms with Crippen LogP contribution in [0.4, 0.5) is 0 Å². The first-order valence-electron chi connectivity index (χ1n) is 8.25. The summed E-state index contributed by atoms with van der Waals surface area (Å²) in [5, 5.41) is 3.24. The highest BCUT2D eigenvalue weighted by atomic mass is 16.5. The van der Waals surface area contributed by atoms with Gasteiger partial charge in [0, 0.05) is 30.8 Å². The minimum absolute atomic E-state index is 0.106. The minimum Gasteiger partial charge on any atom is -0.493 e. The van der Waals surface area contributed by atoms with E-state index in [0.29, 0.717) is 6.61 Å². The van der Waals surface area contributed by atoms with E-state index in [1.807, 2.05) is 31.2 Å². The lowest BCUT2D eigenvalue weighted by Crippen LogP contribution is -2.43. The number of aromatic nitrogens is 2. The number of imidazole rings is 1. The maximum absolute atomic E-state index is 12.8. The number of para-hydroxylation sites is 1. The highest BCUT2D eigenvalue weighted by Gasteiger charge is 2.30. The number of hydrogen-bond acceptors (Lipinski definition) is 3. The Balaban J connectivity index is 1.47. The zero-order valence-electron chi connectivity index (χ0n) is 13.3. The molecular formula is C18H21N3O2. The predicted molar refractivity (Wildman–Crippen MR) is 86.5 cm³/mol. The van der Waals surface area contributed by atoms with Gasteiger partial charge in [-0.05, 0) is 25.8 Å². The van der Waals surface area contributed by atoms with Gasteiger partial charge in [0.05, 0.1) is 18.2 Å². The molecule has 1 amide bonds. The number of carbonyl (C=O) groups is 1. The Morgan fingerprint density at radius 2 is 2.22 bits per heavy atom. The van der Waals surface area contributed by atoms with Crippen LogP contribution in [0, 0.1) is 6.92 Å². The molecule has 2 atom stereocenters. The van der Waals surface area contributed by atoms with Gasteiger partial charge in [-0.3, -0.25) is 4.79 Å². The van der Waals surface area contributed by atoms with Gasteiger partial charge in [0.2, 0.25) is 5.91 Å². The van der Waals surface area contributed by atoms with Crippen LogP contribution in [0.2, 0.25) is 0 Å². The fraction of sp³-hybridized carbons (Fsp3) is 0.444. The fourth-order valence-corrected chi connectivity index (χ4v) is 3.62. The van der Waals surface area contributed by atoms with Gasteiger partial charge in [-0.15, -0.1) is 0 Å². The van der Waals surface area contributed by atoms with E-state index >= 15 is 0 Å². The largest absolute Gasteiger partial charge is 0.493 e. The summed E-state index contributed by atoms with van der Waals surface area (Å²) < 4.78 is 7.82. The van der Waals surface area contributed by atoms with E-state index < -0.39 is 0 Å². The third-order valence-corrected chi connectivity index (χ3v) is 4.73. The molecule has 2 aromatic rings. The topological polar surface area (TPSA) is 56.2 Å². The molecule has 2 aliphatic rings. The lowest BCUT2D eigenvalue weighted by atomic mass is 9.92. The molecule has 5 heteroatoms. The van der Waals surface area contributed by atoms with Crippen molar-refractivity contribution in [1.82, 2.24) is 14.9 Å². The first-order chi connectivity index (χ1) is 11.2. The molecule has 0 radical (unpaired) electrons. The molecule has 2 aliphatic heterocycles. The van der Waals surface area contributed by atoms with Crippen LogP contribution in [-0.2, 0) is 17.8 Å². The standard InChI is InChI=1S/C18H21N3O2/c1-12-10-21-11-13(6-7-17(21)19-12)20-18(22)15-8-9-23-16-5-3-2-4-14(15)16/h2-5,10,13,15H,6-9,11H2,1H3,(H,20,22)/t13-,15-/m1/s1. The molecule has 23 heavy (non-hydrogen) atoms. The van der Waals surface area contributed by atoms with Gasteiger partial charge >= 0.3 is 0 Å². The van der Waals surface area contributed by atoms with Crippen molar-refractivity contribution in [2.45, 2.75) is 44.7 Å². The second-order valence-electron chi connectivity index (χ2n) is 6.42. The molecule has 0 spiro atoms. The molecule has 0 saturated heterocycles. The van der Waals surface area contributed by atoms with Gasteiger partial charge in [-0.2, -0.15) is 0 Å². The fourth-order valence-electron chi connectivity index (χ4n) is 3.62. The van der Waals surface area contributed by atoms with Gasteiger partial charge in [0.1, 0.15) is 11.6 Å². The Morgan fingerprint density at radius 3 is 3.13 bits per heavy atom. The molecule has 3 heterocycles. The van der Waals surface area contributed by atoms with Crippen molar-refractivity contribution in [3.63, 3.8) is 0 Å². The Bertz CT molecular complexity index is 738. The van der Waals surface area contributed by atoms with E-state index in [4.69, 9.17) is 4.74 Å². The SMILES string of the molecule is Cc1cn2c(n1)CC[C@@H](NC(=O)[C@@H]1CCOc3ccccc31)C2. The molecule has 0 bridgehead atoms. The predicted octanol–water partition coefficient (Wildman–Crippen LogP) is 2.19. The normalized spacial score (nSPS) is 22.7. The van der Waals surface area contributed by atoms with Crippen LogP contribution >= 0.6 is 0 Å². The Morgan fingerprint density at radius 1 is 1.35 bits per heavy atom. The smallest absolute Gasteiger partial charge is 0.228 e. The summed E-state index contributed by atoms with van der Waals surface area (Å²) in [6.07, 6.45) is 4.68. The minimum atomic E-state index is -0.106. The van der Waals surface area contributed by atoms with Crippen LogP contribution in [0.3, 0.4) is 0 Å². The highest BCUT2D eigenvalue weighted by molar-refractivity contribution is 5.85. The molecule has 0 saturated carbocycles. The number of hydrogen-bond donors (Lipinski definition) is 1. The summed E-state index contributed by atoms with van der Waals surface area (Å²) in [7, 11) is 0. The molecule has 5 nitrogen and oxygen atoms in total. The first-order valence-corrected chi connectivity index (χ1v) is 8.25. The van der Waals surface area contributed by atoms with Crippen LogP contribution in [0.15, 0.2) is 30.5 Å². The lowest BCUT2D eigenvalue weighted by molar-refractivity contribution is -0.124. The molecular weight excluding hydrogens is 290 g/mol. The van der Waals surface area contributed by atoms with Crippen molar-refractivity contribution in [3.8, 4) is 5.75 Å². The summed E-state index contributed by atoms with van der Waals surface area (Å²) in [4.78, 5) is 17.3. The van der Waals surface area contributed by atoms with Gasteiger partial charge in [0.25, 0.3) is 0 Å². The zero-order chi connectivity index (χ0) is 15.8. The van der Waals surface area contributed by atoms with E-state index in [1.165, 1.54) is 0 Å². The second-order valence-corrected chi connectivity index (χ2v) is 6.42. The van der Waals surface area contributed by atoms with Gasteiger partial charge in [0.15, 0.2) is 0 Å². The number of rotatable bonds is 2. The van der Waals surface area contributed by atoms with E-state index in [-0.39, 0.29) is 17.9 Å². The monoisotopic (exact) mass is 311 g/mol. The summed E-state index contributed by atoms with van der Waals surface area (Å²) in [6.45, 7) is 3.43. The number of amides is 1. The number of fused-ring (bicyclic) bond motifs is 2. The molecule has 120 valence electrons. The summed E-state index contributed by atoms with van der Waals surface area (Å²) in [5.41, 5.74) is 2.05. The van der Waals surface area contributed by atoms with Crippen molar-refractivity contribution in [3.05, 3.63) is 47.5 Å². The van der Waals surface area contributed by atoms with E-state index in [9.17, 15) is 4.79 Å². The molecule has 1 N–H and O–H groups in total. The number of nitrogens with one attached hydrogen (secondary N) is 1. The average Bonchev–Trinajstić information content (AvgIpc) is 2.93. The molecule has 0 aliphatic carbocycles. The lowest BCUT2D eigenvalue weighted by Gasteiger charge is -2.29. The Kier molecular flexibility index (Phi) is 3.56. The summed E-state index contributed by atoms with van der Waals surface area (Å²) in [5.74, 6) is 1.98. The van der Waals surface area contributed by atoms with Crippen LogP contribution in [-0.4, -0.2) is 28.1 Å². The van der Waals surface area contributed by atoms with Crippen LogP contribution in [0.5, 0.6) is 5.75 Å². The van der Waals surface area contributed by atoms with Gasteiger partial charge < -0.3 is 14.6 Å². The quantitative estimate of drug-likeness (QED) is 0.925. The maximum atomic E-state index is 12.8. The third kappa shape index (κ3) is 2.71. The average molecular weight is 311 g/mol. The van der Waals surface area contributed by atoms with Gasteiger partial charge in [-0.25, -0.2) is 4.98 Å². The third-order valence-electron chi connectivity index (χ3n) is 4.73. The van der Waals surface area contributed by atoms with Crippen LogP contribution in [0.25, 0.3) is 0 Å². The van der Waals surface area contributed by atoms with Crippen molar-refractivity contribution >= 4 is 5.91 Å². The van der Waals surface area contributed by atoms with Crippen LogP contribution in [0.1, 0.15) is 35.8 Å². The van der Waals surface area contributed by atoms with Crippen LogP contribution < -0.4 is 10.1 Å². The number of nitrogens with zero attached hydrogens (tertiary/aromatic N) is 2. The molecule has 0 fully saturated rings. The molecule has 4 rings (SSSR count). The Labute approximate surface area is 135 Å². The number of ether oxygens (including phenoxy) is 1. The summed E-state index contributed by atoms with van der Waals surface area (Å²) >= 11 is 0. The van der Waals surface area contributed by atoms with E-state index in [2.05, 4.69) is 21.1 Å². The summed E-state index contributed by atoms with van der Waals surface area (Å²) in [6, 6.07) is 8.03. The van der Waals surface area contributed by atoms with Gasteiger partial charge in [-0.1, -0.05) is 18.2 Å².